The van der Waals surface area contributed by atoms with Gasteiger partial charge in [0.25, 0.3) is 0 Å². The number of nitrogens with two attached hydrogens (primary N) is 2. The summed E-state index contributed by atoms with van der Waals surface area (Å²) in [4.78, 5) is 59.8. The molecule has 4 amide bonds. The molecule has 64 heavy (non-hydrogen) atoms. The summed E-state index contributed by atoms with van der Waals surface area (Å²) in [6, 6.07) is 5.79. The summed E-state index contributed by atoms with van der Waals surface area (Å²) in [5.41, 5.74) is 8.38. The lowest BCUT2D eigenvalue weighted by Crippen LogP contribution is -2.52. The number of nitrogens with one attached hydrogen (secondary N) is 5. The van der Waals surface area contributed by atoms with Crippen LogP contribution < -0.4 is 38.2 Å². The molecule has 2 aliphatic rings. The van der Waals surface area contributed by atoms with E-state index in [2.05, 4.69) is 45.2 Å². The largest absolute Gasteiger partial charge is 0.470 e. The van der Waals surface area contributed by atoms with Crippen molar-refractivity contribution in [1.29, 1.82) is 0 Å². The minimum Gasteiger partial charge on any atom is -0.470 e. The van der Waals surface area contributed by atoms with E-state index in [-0.39, 0.29) is 31.4 Å². The first-order valence-electron chi connectivity index (χ1n) is 22.4. The van der Waals surface area contributed by atoms with Crippen molar-refractivity contribution in [3.05, 3.63) is 41.2 Å². The topological polar surface area (TPSA) is 247 Å². The Labute approximate surface area is 383 Å². The highest BCUT2D eigenvalue weighted by molar-refractivity contribution is 6.55. The van der Waals surface area contributed by atoms with Crippen molar-refractivity contribution in [1.82, 2.24) is 26.3 Å². The maximum absolute atomic E-state index is 13.0. The number of methoxy groups -OCH3 is 1. The fraction of sp³-hybridized carbons (Fsp3) is 0.711. The van der Waals surface area contributed by atoms with Crippen LogP contribution in [0, 0.1) is 17.8 Å². The molecular weight excluding hydrogens is 823 g/mol. The number of hydrogen-bond donors (Lipinski definition) is 7. The molecule has 362 valence electrons. The number of ether oxygens (including phenoxy) is 5. The average molecular weight is 903 g/mol. The second-order valence-electron chi connectivity index (χ2n) is 17.1. The Morgan fingerprint density at radius 1 is 0.875 bits per heavy atom. The summed E-state index contributed by atoms with van der Waals surface area (Å²) in [7, 11) is 8.17. The fourth-order valence-corrected chi connectivity index (χ4v) is 6.64. The second-order valence-corrected chi connectivity index (χ2v) is 17.1. The second kappa shape index (κ2) is 30.7. The van der Waals surface area contributed by atoms with E-state index in [9.17, 15) is 24.0 Å². The summed E-state index contributed by atoms with van der Waals surface area (Å²) in [6.45, 7) is 19.1. The fourth-order valence-electron chi connectivity index (χ4n) is 6.64. The highest BCUT2D eigenvalue weighted by atomic mass is 16.5. The monoisotopic (exact) mass is 903 g/mol. The van der Waals surface area contributed by atoms with Gasteiger partial charge in [0.05, 0.1) is 57.6 Å². The van der Waals surface area contributed by atoms with Gasteiger partial charge in [0.1, 0.15) is 12.6 Å². The van der Waals surface area contributed by atoms with Crippen LogP contribution in [0.2, 0.25) is 0 Å². The van der Waals surface area contributed by atoms with Crippen molar-refractivity contribution in [2.75, 3.05) is 72.1 Å². The van der Waals surface area contributed by atoms with E-state index >= 15 is 0 Å². The lowest BCUT2D eigenvalue weighted by molar-refractivity contribution is -0.134. The van der Waals surface area contributed by atoms with Crippen molar-refractivity contribution < 1.29 is 47.7 Å². The van der Waals surface area contributed by atoms with Crippen LogP contribution in [0.25, 0.3) is 0 Å². The quantitative estimate of drug-likeness (QED) is 0.0315. The minimum atomic E-state index is -0.874. The lowest BCUT2D eigenvalue weighted by Gasteiger charge is -2.40. The van der Waals surface area contributed by atoms with E-state index in [0.717, 1.165) is 55.5 Å². The summed E-state index contributed by atoms with van der Waals surface area (Å²) in [5.74, 6) is 5.94. The van der Waals surface area contributed by atoms with E-state index in [4.69, 9.17) is 38.4 Å². The summed E-state index contributed by atoms with van der Waals surface area (Å²) < 4.78 is 25.7. The predicted octanol–water partition coefficient (Wildman–Crippen LogP) is 4.22. The number of anilines is 1. The molecule has 2 aliphatic carbocycles. The Morgan fingerprint density at radius 3 is 2.06 bits per heavy atom. The summed E-state index contributed by atoms with van der Waals surface area (Å²) in [6.07, 6.45) is 5.56. The molecule has 0 saturated heterocycles. The Hall–Kier alpha value is -4.43. The highest BCUT2D eigenvalue weighted by Gasteiger charge is 2.39. The third-order valence-corrected chi connectivity index (χ3v) is 10.6. The van der Waals surface area contributed by atoms with Gasteiger partial charge in [-0.25, -0.2) is 10.6 Å². The number of fused-ring (bicyclic) bond motifs is 1. The molecule has 0 bridgehead atoms. The van der Waals surface area contributed by atoms with Crippen LogP contribution in [0.4, 0.5) is 15.3 Å². The van der Waals surface area contributed by atoms with E-state index in [1.807, 2.05) is 53.6 Å². The molecule has 0 spiro atoms. The summed E-state index contributed by atoms with van der Waals surface area (Å²) in [5, 5.41) is 15.4. The van der Waals surface area contributed by atoms with Crippen LogP contribution in [0.1, 0.15) is 106 Å². The van der Waals surface area contributed by atoms with Crippen LogP contribution in [0.5, 0.6) is 0 Å². The van der Waals surface area contributed by atoms with Crippen LogP contribution in [-0.2, 0) is 44.7 Å². The zero-order valence-corrected chi connectivity index (χ0v) is 40.2. The molecular formula is C45H79BN8O10. The van der Waals surface area contributed by atoms with Crippen LogP contribution >= 0.6 is 0 Å². The zero-order valence-electron chi connectivity index (χ0n) is 40.2. The number of hydrazine groups is 1. The number of alkyl carbamates (subject to hydrolysis) is 1. The van der Waals surface area contributed by atoms with Gasteiger partial charge in [-0.3, -0.25) is 19.2 Å². The number of amides is 4. The Kier molecular flexibility index (Phi) is 27.6. The number of carbonyl (C=O) groups excluding carboxylic acids is 5. The van der Waals surface area contributed by atoms with Gasteiger partial charge in [-0.05, 0) is 109 Å². The molecule has 3 atom stereocenters. The van der Waals surface area contributed by atoms with E-state index in [1.165, 1.54) is 13.5 Å². The van der Waals surface area contributed by atoms with Gasteiger partial charge in [-0.1, -0.05) is 39.8 Å². The Bertz CT molecular complexity index is 1600. The smallest absolute Gasteiger partial charge is 0.406 e. The van der Waals surface area contributed by atoms with E-state index < -0.39 is 41.0 Å². The predicted molar refractivity (Wildman–Crippen MR) is 249 cm³/mol. The molecule has 3 unspecified atom stereocenters. The molecule has 19 heteroatoms. The molecule has 1 saturated carbocycles. The first kappa shape index (κ1) is 57.6. The van der Waals surface area contributed by atoms with E-state index in [1.54, 1.807) is 24.3 Å². The van der Waals surface area contributed by atoms with Crippen LogP contribution in [0.15, 0.2) is 35.7 Å². The Morgan fingerprint density at radius 2 is 1.48 bits per heavy atom. The minimum absolute atomic E-state index is 0.0194. The molecule has 1 fully saturated rings. The molecule has 0 aliphatic heterocycles. The SMILES string of the molecule is CC.CNCCOCCOCCNC(=O)OC.[B]C(=O)OCc1ccc(NC(=O)CNC(=O)C(NC(=O)CC(C)(C)OCCC(C)(C)N(N)/C2=C(\N)CCC3CC3CC2)C(C)C)cc1. The van der Waals surface area contributed by atoms with Gasteiger partial charge < -0.3 is 61.0 Å². The molecule has 9 N–H and O–H groups in total. The first-order chi connectivity index (χ1) is 30.3. The normalized spacial score (nSPS) is 17.3. The zero-order chi connectivity index (χ0) is 48.3. The van der Waals surface area contributed by atoms with Crippen LogP contribution in [-0.4, -0.2) is 127 Å². The number of benzene rings is 1. The average Bonchev–Trinajstić information content (AvgIpc) is 4.00. The number of likely N-dealkylation sites (N-methyl/N-ethyl adjacent to an activating group) is 1. The number of hydrogen-bond acceptors (Lipinski definition) is 14. The first-order valence-corrected chi connectivity index (χ1v) is 22.4. The van der Waals surface area contributed by atoms with Crippen molar-refractivity contribution in [2.45, 2.75) is 124 Å². The van der Waals surface area contributed by atoms with Crippen LogP contribution in [0.3, 0.4) is 0 Å². The number of carbonyl (C=O) groups is 5. The molecule has 1 aromatic carbocycles. The standard InChI is InChI=1S/C34H53BN6O6.C9H20N2O4.C2H6/c1-21(2)30(31(44)38-19-29(43)39-25-11-7-22(8-12-25)20-46-32(35)45)40-28(42)18-34(5,6)47-16-15-33(3,4)41(37)27-14-10-24-17-23(24)9-13-26(27)36;1-10-3-5-14-7-8-15-6-4-11-9(12)13-2;1-2/h7-8,11-12,21,23-24,30H,9-10,13-20,36-37H2,1-6H3,(H,38,44)(H,39,43)(H,40,42);10H,3-8H2,1-2H3,(H,11,12);1-2H3/b27-26-;;. The summed E-state index contributed by atoms with van der Waals surface area (Å²) >= 11 is 0. The van der Waals surface area contributed by atoms with Gasteiger partial charge >= 0.3 is 6.09 Å². The van der Waals surface area contributed by atoms with Gasteiger partial charge in [-0.2, -0.15) is 0 Å². The van der Waals surface area contributed by atoms with Crippen molar-refractivity contribution in [2.24, 2.45) is 29.3 Å². The van der Waals surface area contributed by atoms with Gasteiger partial charge in [0, 0.05) is 36.8 Å². The highest BCUT2D eigenvalue weighted by Crippen LogP contribution is 2.48. The Balaban J connectivity index is 0.00000102. The van der Waals surface area contributed by atoms with Crippen molar-refractivity contribution >= 4 is 43.2 Å². The van der Waals surface area contributed by atoms with Crippen molar-refractivity contribution in [3.63, 3.8) is 0 Å². The van der Waals surface area contributed by atoms with Gasteiger partial charge in [0.15, 0.2) is 0 Å². The molecule has 3 rings (SSSR count). The number of allylic oxidation sites excluding steroid dienone is 2. The number of nitrogens with zero attached hydrogens (tertiary/aromatic N) is 1. The maximum Gasteiger partial charge on any atom is 0.406 e. The molecule has 18 nitrogen and oxygen atoms in total. The molecule has 0 aromatic heterocycles. The third-order valence-electron chi connectivity index (χ3n) is 10.6. The lowest BCUT2D eigenvalue weighted by atomic mass is 9.95. The maximum atomic E-state index is 13.0. The van der Waals surface area contributed by atoms with Gasteiger partial charge in [0.2, 0.25) is 31.4 Å². The van der Waals surface area contributed by atoms with E-state index in [0.29, 0.717) is 57.3 Å². The molecule has 1 aromatic rings. The molecule has 0 heterocycles. The number of rotatable bonds is 25. The van der Waals surface area contributed by atoms with Gasteiger partial charge in [-0.15, -0.1) is 0 Å². The van der Waals surface area contributed by atoms with Crippen molar-refractivity contribution in [3.8, 4) is 0 Å². The third kappa shape index (κ3) is 24.0. The molecule has 2 radical (unpaired) electrons.